The van der Waals surface area contributed by atoms with Crippen LogP contribution in [0.5, 0.6) is 0 Å². The number of carboxylic acid groups (broad SMARTS) is 1. The Bertz CT molecular complexity index is 888. The number of rotatable bonds is 6. The van der Waals surface area contributed by atoms with Gasteiger partial charge in [0.1, 0.15) is 11.6 Å². The van der Waals surface area contributed by atoms with Crippen LogP contribution in [0.15, 0.2) is 41.4 Å². The summed E-state index contributed by atoms with van der Waals surface area (Å²) in [6.45, 7) is 0. The highest BCUT2D eigenvalue weighted by Gasteiger charge is 2.25. The Kier molecular flexibility index (Phi) is 6.92. The molecule has 1 aromatic carbocycles. The van der Waals surface area contributed by atoms with Crippen LogP contribution in [0.4, 0.5) is 20.7 Å². The van der Waals surface area contributed by atoms with Crippen LogP contribution in [0.3, 0.4) is 0 Å². The van der Waals surface area contributed by atoms with Crippen molar-refractivity contribution in [2.24, 2.45) is 0 Å². The van der Waals surface area contributed by atoms with Crippen molar-refractivity contribution in [2.75, 3.05) is 11.6 Å². The number of hydrogen-bond donors (Lipinski definition) is 4. The van der Waals surface area contributed by atoms with Gasteiger partial charge in [-0.05, 0) is 56.2 Å². The van der Waals surface area contributed by atoms with Crippen LogP contribution in [-0.2, 0) is 0 Å². The molecule has 0 atom stereocenters. The van der Waals surface area contributed by atoms with E-state index in [9.17, 15) is 14.0 Å². The summed E-state index contributed by atoms with van der Waals surface area (Å²) in [7, 11) is 0. The second kappa shape index (κ2) is 9.60. The van der Waals surface area contributed by atoms with Gasteiger partial charge < -0.3 is 21.1 Å². The Morgan fingerprint density at radius 3 is 2.48 bits per heavy atom. The molecule has 1 heterocycles. The maximum absolute atomic E-state index is 13.8. The summed E-state index contributed by atoms with van der Waals surface area (Å²) in [6, 6.07) is 8.61. The maximum atomic E-state index is 13.8. The van der Waals surface area contributed by atoms with Gasteiger partial charge in [-0.25, -0.2) is 14.2 Å². The molecular weight excluding hydrogens is 395 g/mol. The van der Waals surface area contributed by atoms with Crippen molar-refractivity contribution in [2.45, 2.75) is 42.7 Å². The van der Waals surface area contributed by atoms with Crippen LogP contribution in [0.25, 0.3) is 0 Å². The smallest absolute Gasteiger partial charge is 0.404 e. The maximum Gasteiger partial charge on any atom is 0.404 e. The minimum atomic E-state index is -1.04. The molecule has 0 bridgehead atoms. The minimum Gasteiger partial charge on any atom is -0.465 e. The lowest BCUT2D eigenvalue weighted by Crippen LogP contribution is -2.43. The van der Waals surface area contributed by atoms with Crippen molar-refractivity contribution >= 4 is 35.3 Å². The summed E-state index contributed by atoms with van der Waals surface area (Å²) in [5.74, 6) is -0.716. The molecule has 2 aromatic rings. The third-order valence-corrected chi connectivity index (χ3v) is 5.55. The van der Waals surface area contributed by atoms with E-state index in [-0.39, 0.29) is 23.5 Å². The van der Waals surface area contributed by atoms with Gasteiger partial charge in [0.2, 0.25) is 0 Å². The van der Waals surface area contributed by atoms with Crippen LogP contribution in [0, 0.1) is 5.82 Å². The number of anilines is 2. The largest absolute Gasteiger partial charge is 0.465 e. The Labute approximate surface area is 172 Å². The quantitative estimate of drug-likeness (QED) is 0.529. The number of halogens is 1. The number of carbonyl (C=O) groups excluding carboxylic acids is 1. The van der Waals surface area contributed by atoms with Crippen molar-refractivity contribution in [1.82, 2.24) is 15.6 Å². The molecule has 1 fully saturated rings. The first-order chi connectivity index (χ1) is 13.9. The lowest BCUT2D eigenvalue weighted by Gasteiger charge is -2.29. The average molecular weight is 418 g/mol. The van der Waals surface area contributed by atoms with Gasteiger partial charge in [0.25, 0.3) is 5.91 Å². The van der Waals surface area contributed by atoms with Crippen molar-refractivity contribution in [1.29, 1.82) is 0 Å². The number of benzene rings is 1. The fraction of sp³-hybridized carbons (Fsp3) is 0.350. The molecule has 0 saturated heterocycles. The van der Waals surface area contributed by atoms with Gasteiger partial charge in [-0.3, -0.25) is 4.79 Å². The minimum absolute atomic E-state index is 0.0923. The van der Waals surface area contributed by atoms with Gasteiger partial charge in [-0.15, -0.1) is 11.8 Å². The van der Waals surface area contributed by atoms with Gasteiger partial charge in [-0.2, -0.15) is 0 Å². The van der Waals surface area contributed by atoms with Crippen molar-refractivity contribution in [3.8, 4) is 0 Å². The Morgan fingerprint density at radius 2 is 1.83 bits per heavy atom. The van der Waals surface area contributed by atoms with E-state index in [0.717, 1.165) is 16.8 Å². The van der Waals surface area contributed by atoms with E-state index in [1.54, 1.807) is 11.8 Å². The predicted molar refractivity (Wildman–Crippen MR) is 110 cm³/mol. The fourth-order valence-electron chi connectivity index (χ4n) is 3.37. The topological polar surface area (TPSA) is 103 Å². The molecule has 0 unspecified atom stereocenters. The third kappa shape index (κ3) is 5.83. The van der Waals surface area contributed by atoms with E-state index >= 15 is 0 Å². The number of amides is 2. The van der Waals surface area contributed by atoms with Gasteiger partial charge >= 0.3 is 6.09 Å². The summed E-state index contributed by atoms with van der Waals surface area (Å²) in [6.07, 6.45) is 4.59. The molecule has 154 valence electrons. The van der Waals surface area contributed by atoms with Crippen LogP contribution < -0.4 is 16.0 Å². The van der Waals surface area contributed by atoms with Crippen LogP contribution in [0.2, 0.25) is 0 Å². The highest BCUT2D eigenvalue weighted by atomic mass is 32.2. The Hall–Kier alpha value is -2.81. The van der Waals surface area contributed by atoms with E-state index in [1.165, 1.54) is 6.07 Å². The molecule has 1 saturated carbocycles. The van der Waals surface area contributed by atoms with Crippen LogP contribution in [-0.4, -0.2) is 40.4 Å². The Balaban J connectivity index is 1.68. The zero-order valence-electron chi connectivity index (χ0n) is 15.9. The van der Waals surface area contributed by atoms with E-state index in [0.29, 0.717) is 25.7 Å². The zero-order chi connectivity index (χ0) is 20.8. The molecule has 7 nitrogen and oxygen atoms in total. The lowest BCUT2D eigenvalue weighted by molar-refractivity contribution is 0.0923. The standard InChI is InChI=1S/C20H23FN4O3S/c1-29-16-4-2-3-15(10-16)23-18-17(9-12(21)11-22-18)19(26)24-13-5-7-14(8-6-13)25-20(27)28/h2-4,9-11,13-14,25H,5-8H2,1H3,(H,22,23)(H,24,26)(H,27,28)/t13-,14+. The molecule has 29 heavy (non-hydrogen) atoms. The summed E-state index contributed by atoms with van der Waals surface area (Å²) >= 11 is 1.59. The molecule has 1 aliphatic carbocycles. The third-order valence-electron chi connectivity index (χ3n) is 4.82. The lowest BCUT2D eigenvalue weighted by atomic mass is 9.91. The molecule has 9 heteroatoms. The molecular formula is C20H23FN4O3S. The highest BCUT2D eigenvalue weighted by Crippen LogP contribution is 2.25. The second-order valence-electron chi connectivity index (χ2n) is 6.88. The predicted octanol–water partition coefficient (Wildman–Crippen LogP) is 3.99. The van der Waals surface area contributed by atoms with E-state index in [1.807, 2.05) is 30.5 Å². The number of nitrogens with zero attached hydrogens (tertiary/aromatic N) is 1. The number of aromatic nitrogens is 1. The van der Waals surface area contributed by atoms with Crippen LogP contribution >= 0.6 is 11.8 Å². The Morgan fingerprint density at radius 1 is 1.14 bits per heavy atom. The summed E-state index contributed by atoms with van der Waals surface area (Å²) < 4.78 is 13.8. The highest BCUT2D eigenvalue weighted by molar-refractivity contribution is 7.98. The summed E-state index contributed by atoms with van der Waals surface area (Å²) in [4.78, 5) is 28.6. The van der Waals surface area contributed by atoms with E-state index in [4.69, 9.17) is 5.11 Å². The first kappa shape index (κ1) is 20.9. The SMILES string of the molecule is CSc1cccc(Nc2ncc(F)cc2C(=O)N[C@H]2CC[C@@H](NC(=O)O)CC2)c1. The van der Waals surface area contributed by atoms with Gasteiger partial charge in [0.05, 0.1) is 11.8 Å². The second-order valence-corrected chi connectivity index (χ2v) is 7.76. The number of hydrogen-bond acceptors (Lipinski definition) is 5. The normalized spacial score (nSPS) is 18.7. The van der Waals surface area contributed by atoms with Gasteiger partial charge in [0.15, 0.2) is 0 Å². The molecule has 0 spiro atoms. The van der Waals surface area contributed by atoms with E-state index < -0.39 is 17.8 Å². The zero-order valence-corrected chi connectivity index (χ0v) is 16.8. The number of carbonyl (C=O) groups is 2. The summed E-state index contributed by atoms with van der Waals surface area (Å²) in [5.41, 5.74) is 0.885. The molecule has 0 radical (unpaired) electrons. The van der Waals surface area contributed by atoms with Crippen molar-refractivity contribution in [3.05, 3.63) is 47.9 Å². The van der Waals surface area contributed by atoms with Crippen LogP contribution in [0.1, 0.15) is 36.0 Å². The molecule has 3 rings (SSSR count). The van der Waals surface area contributed by atoms with Crippen molar-refractivity contribution in [3.63, 3.8) is 0 Å². The molecule has 1 aromatic heterocycles. The number of pyridine rings is 1. The average Bonchev–Trinajstić information content (AvgIpc) is 2.70. The number of thioether (sulfide) groups is 1. The first-order valence-electron chi connectivity index (χ1n) is 9.31. The molecule has 0 aliphatic heterocycles. The first-order valence-corrected chi connectivity index (χ1v) is 10.5. The summed E-state index contributed by atoms with van der Waals surface area (Å²) in [5, 5.41) is 17.3. The number of nitrogens with one attached hydrogen (secondary N) is 3. The van der Waals surface area contributed by atoms with E-state index in [2.05, 4.69) is 20.9 Å². The molecule has 2 amide bonds. The molecule has 1 aliphatic rings. The van der Waals surface area contributed by atoms with Crippen molar-refractivity contribution < 1.29 is 19.1 Å². The van der Waals surface area contributed by atoms with Gasteiger partial charge in [-0.1, -0.05) is 6.07 Å². The molecule has 4 N–H and O–H groups in total. The van der Waals surface area contributed by atoms with Gasteiger partial charge in [0, 0.05) is 22.7 Å². The fourth-order valence-corrected chi connectivity index (χ4v) is 3.83. The monoisotopic (exact) mass is 418 g/mol.